The van der Waals surface area contributed by atoms with Gasteiger partial charge in [-0.3, -0.25) is 3.53 Å². The molecule has 0 bridgehead atoms. The lowest BCUT2D eigenvalue weighted by Gasteiger charge is -2.33. The highest BCUT2D eigenvalue weighted by Crippen LogP contribution is 2.25. The Morgan fingerprint density at radius 1 is 1.56 bits per heavy atom. The van der Waals surface area contributed by atoms with E-state index < -0.39 is 0 Å². The lowest BCUT2D eigenvalue weighted by Crippen LogP contribution is -2.43. The summed E-state index contributed by atoms with van der Waals surface area (Å²) in [5.74, 6) is 0.889. The molecule has 0 aliphatic heterocycles. The van der Waals surface area contributed by atoms with E-state index in [-0.39, 0.29) is 11.9 Å². The maximum absolute atomic E-state index is 10.9. The highest BCUT2D eigenvalue weighted by Gasteiger charge is 2.30. The van der Waals surface area contributed by atoms with Gasteiger partial charge in [-0.2, -0.15) is 0 Å². The minimum atomic E-state index is 0.210. The number of pyridine rings is 1. The number of nitrogens with zero attached hydrogens (tertiary/aromatic N) is 1. The normalized spacial score (nSPS) is 22.3. The van der Waals surface area contributed by atoms with Gasteiger partial charge in [0, 0.05) is 60.4 Å². The second-order valence-corrected chi connectivity index (χ2v) is 5.35. The topological polar surface area (TPSA) is 51.2 Å². The molecule has 18 heavy (non-hydrogen) atoms. The lowest BCUT2D eigenvalue weighted by molar-refractivity contribution is -0.116. The molecule has 4 nitrogen and oxygen atoms in total. The number of rotatable bonds is 6. The Hall–Kier alpha value is -0.690. The summed E-state index contributed by atoms with van der Waals surface area (Å²) >= 11 is 2.18. The minimum Gasteiger partial charge on any atom is -0.474 e. The predicted molar refractivity (Wildman–Crippen MR) is 77.8 cm³/mol. The zero-order valence-corrected chi connectivity index (χ0v) is 12.5. The van der Waals surface area contributed by atoms with Gasteiger partial charge >= 0.3 is 0 Å². The van der Waals surface area contributed by atoms with Crippen LogP contribution in [-0.2, 0) is 11.2 Å². The van der Waals surface area contributed by atoms with Crippen LogP contribution in [-0.4, -0.2) is 22.9 Å². The second-order valence-electron chi connectivity index (χ2n) is 4.72. The molecule has 5 heteroatoms. The monoisotopic (exact) mass is 360 g/mol. The maximum atomic E-state index is 10.9. The third-order valence-corrected chi connectivity index (χ3v) is 3.98. The molecule has 98 valence electrons. The van der Waals surface area contributed by atoms with Crippen molar-refractivity contribution in [3.05, 3.63) is 23.9 Å². The summed E-state index contributed by atoms with van der Waals surface area (Å²) in [6, 6.07) is 4.45. The van der Waals surface area contributed by atoms with Gasteiger partial charge in [0.15, 0.2) is 0 Å². The summed E-state index contributed by atoms with van der Waals surface area (Å²) in [4.78, 5) is 15.2. The van der Waals surface area contributed by atoms with Crippen LogP contribution in [0.5, 0.6) is 5.88 Å². The quantitative estimate of drug-likeness (QED) is 0.626. The molecule has 0 amide bonds. The van der Waals surface area contributed by atoms with E-state index in [1.165, 1.54) is 0 Å². The van der Waals surface area contributed by atoms with Gasteiger partial charge in [0.05, 0.1) is 0 Å². The zero-order chi connectivity index (χ0) is 13.0. The van der Waals surface area contributed by atoms with E-state index in [1.54, 1.807) is 13.1 Å². The van der Waals surface area contributed by atoms with Gasteiger partial charge in [-0.15, -0.1) is 0 Å². The van der Waals surface area contributed by atoms with Gasteiger partial charge in [0.2, 0.25) is 5.88 Å². The Kier molecular flexibility index (Phi) is 4.94. The first-order valence-corrected chi connectivity index (χ1v) is 7.22. The Labute approximate surface area is 121 Å². The summed E-state index contributed by atoms with van der Waals surface area (Å²) < 4.78 is 8.93. The van der Waals surface area contributed by atoms with E-state index in [0.29, 0.717) is 18.3 Å². The molecule has 1 aromatic heterocycles. The number of ketones is 1. The second kappa shape index (κ2) is 6.47. The van der Waals surface area contributed by atoms with E-state index in [0.717, 1.165) is 24.8 Å². The number of hydrogen-bond donors (Lipinski definition) is 1. The van der Waals surface area contributed by atoms with Crippen LogP contribution in [0, 0.1) is 0 Å². The van der Waals surface area contributed by atoms with Crippen LogP contribution in [0.15, 0.2) is 18.3 Å². The van der Waals surface area contributed by atoms with Crippen molar-refractivity contribution in [3.63, 3.8) is 0 Å². The van der Waals surface area contributed by atoms with Crippen molar-refractivity contribution in [2.24, 2.45) is 0 Å². The van der Waals surface area contributed by atoms with E-state index in [1.807, 2.05) is 12.1 Å². The van der Waals surface area contributed by atoms with Crippen molar-refractivity contribution < 1.29 is 9.53 Å². The molecule has 0 unspecified atom stereocenters. The first-order chi connectivity index (χ1) is 8.67. The minimum absolute atomic E-state index is 0.210. The number of aromatic nitrogens is 1. The number of carbonyl (C=O) groups excluding carboxylic acids is 1. The number of hydrogen-bond acceptors (Lipinski definition) is 4. The number of Topliss-reactive ketones (excluding diaryl/α,β-unsaturated/α-hetero) is 1. The van der Waals surface area contributed by atoms with Gasteiger partial charge in [0.25, 0.3) is 0 Å². The van der Waals surface area contributed by atoms with Crippen molar-refractivity contribution in [2.75, 3.05) is 0 Å². The molecular weight excluding hydrogens is 343 g/mol. The molecule has 1 N–H and O–H groups in total. The molecule has 1 saturated carbocycles. The van der Waals surface area contributed by atoms with Crippen LogP contribution in [0.4, 0.5) is 0 Å². The van der Waals surface area contributed by atoms with Gasteiger partial charge in [-0.25, -0.2) is 4.98 Å². The van der Waals surface area contributed by atoms with E-state index in [2.05, 4.69) is 31.4 Å². The molecule has 1 aliphatic rings. The summed E-state index contributed by atoms with van der Waals surface area (Å²) in [5.41, 5.74) is 1.08. The smallest absolute Gasteiger partial charge is 0.213 e. The molecule has 2 rings (SSSR count). The molecule has 0 spiro atoms. The SMILES string of the molecule is CC(=O)CCc1ccc(O[C@H]2C[C@@H](NI)C2)nc1. The molecule has 0 atom stereocenters. The molecule has 0 saturated heterocycles. The van der Waals surface area contributed by atoms with Crippen LogP contribution in [0.1, 0.15) is 31.7 Å². The largest absolute Gasteiger partial charge is 0.474 e. The molecular formula is C13H17IN2O2. The van der Waals surface area contributed by atoms with Crippen molar-refractivity contribution in [1.82, 2.24) is 8.51 Å². The molecule has 1 fully saturated rings. The van der Waals surface area contributed by atoms with Crippen molar-refractivity contribution in [2.45, 2.75) is 44.8 Å². The predicted octanol–water partition coefficient (Wildman–Crippen LogP) is 2.45. The molecule has 0 radical (unpaired) electrons. The van der Waals surface area contributed by atoms with Crippen molar-refractivity contribution in [1.29, 1.82) is 0 Å². The van der Waals surface area contributed by atoms with E-state index >= 15 is 0 Å². The molecule has 1 aromatic rings. The maximum Gasteiger partial charge on any atom is 0.213 e. The third-order valence-electron chi connectivity index (χ3n) is 3.10. The van der Waals surface area contributed by atoms with Crippen LogP contribution < -0.4 is 8.27 Å². The standard InChI is InChI=1S/C13H17IN2O2/c1-9(17)2-3-10-4-5-13(15-8-10)18-12-6-11(7-12)16-14/h4-5,8,11-12,16H,2-3,6-7H2,1H3/t11-,12+. The average Bonchev–Trinajstić information content (AvgIpc) is 2.32. The summed E-state index contributed by atoms with van der Waals surface area (Å²) in [7, 11) is 0. The average molecular weight is 360 g/mol. The van der Waals surface area contributed by atoms with E-state index in [4.69, 9.17) is 4.74 Å². The van der Waals surface area contributed by atoms with Gasteiger partial charge in [-0.05, 0) is 18.9 Å². The highest BCUT2D eigenvalue weighted by atomic mass is 127. The number of carbonyl (C=O) groups is 1. The Balaban J connectivity index is 1.79. The van der Waals surface area contributed by atoms with Crippen LogP contribution in [0.3, 0.4) is 0 Å². The summed E-state index contributed by atoms with van der Waals surface area (Å²) in [6.45, 7) is 1.61. The Bertz CT molecular complexity index is 402. The highest BCUT2D eigenvalue weighted by molar-refractivity contribution is 14.1. The number of nitrogens with one attached hydrogen (secondary N) is 1. The fraction of sp³-hybridized carbons (Fsp3) is 0.538. The van der Waals surface area contributed by atoms with Gasteiger partial charge in [-0.1, -0.05) is 6.07 Å². The van der Waals surface area contributed by atoms with E-state index in [9.17, 15) is 4.79 Å². The fourth-order valence-electron chi connectivity index (χ4n) is 1.87. The zero-order valence-electron chi connectivity index (χ0n) is 10.4. The van der Waals surface area contributed by atoms with Crippen LogP contribution in [0.25, 0.3) is 0 Å². The molecule has 1 heterocycles. The lowest BCUT2D eigenvalue weighted by atomic mass is 9.90. The summed E-state index contributed by atoms with van der Waals surface area (Å²) in [5, 5.41) is 0. The van der Waals surface area contributed by atoms with Gasteiger partial charge in [0.1, 0.15) is 11.9 Å². The van der Waals surface area contributed by atoms with Crippen molar-refractivity contribution in [3.8, 4) is 5.88 Å². The first-order valence-electron chi connectivity index (χ1n) is 6.14. The Morgan fingerprint density at radius 2 is 2.33 bits per heavy atom. The Morgan fingerprint density at radius 3 is 2.89 bits per heavy atom. The first kappa shape index (κ1) is 13.7. The number of ether oxygens (including phenoxy) is 1. The summed E-state index contributed by atoms with van der Waals surface area (Å²) in [6.07, 6.45) is 5.49. The third kappa shape index (κ3) is 3.91. The fourth-order valence-corrected chi connectivity index (χ4v) is 2.38. The number of aryl methyl sites for hydroxylation is 1. The van der Waals surface area contributed by atoms with Crippen LogP contribution >= 0.6 is 22.9 Å². The number of halogens is 1. The van der Waals surface area contributed by atoms with Gasteiger partial charge < -0.3 is 9.53 Å². The van der Waals surface area contributed by atoms with Crippen LogP contribution in [0.2, 0.25) is 0 Å². The van der Waals surface area contributed by atoms with Crippen molar-refractivity contribution >= 4 is 28.6 Å². The molecule has 0 aromatic carbocycles. The molecule has 1 aliphatic carbocycles.